The maximum absolute atomic E-state index is 4.71. The van der Waals surface area contributed by atoms with Crippen molar-refractivity contribution in [3.63, 3.8) is 0 Å². The predicted molar refractivity (Wildman–Crippen MR) is 102 cm³/mol. The van der Waals surface area contributed by atoms with Gasteiger partial charge >= 0.3 is 16.5 Å². The SMILES string of the molecule is [Cl-].[Cl-].[Ni+2].c1ccc([P+](c2ccccn2)(c2ccccn2)c2ccccn2)nc1. The molecule has 0 aliphatic rings. The molecule has 0 bridgehead atoms. The fraction of sp³-hybridized carbons (Fsp3) is 0. The molecule has 0 spiro atoms. The fourth-order valence-electron chi connectivity index (χ4n) is 2.91. The molecule has 0 N–H and O–H groups in total. The number of nitrogens with zero attached hydrogens (tertiary/aromatic N) is 4. The molecule has 0 amide bonds. The molecular formula is C20H16Cl2N4NiP+. The van der Waals surface area contributed by atoms with E-state index in [1.54, 1.807) is 0 Å². The Morgan fingerprint density at radius 1 is 0.429 bits per heavy atom. The quantitative estimate of drug-likeness (QED) is 0.224. The van der Waals surface area contributed by atoms with Crippen molar-refractivity contribution in [3.05, 3.63) is 97.6 Å². The summed E-state index contributed by atoms with van der Waals surface area (Å²) in [6.07, 6.45) is 7.27. The van der Waals surface area contributed by atoms with Gasteiger partial charge in [0.05, 0.1) is 0 Å². The van der Waals surface area contributed by atoms with Crippen LogP contribution in [0, 0.1) is 0 Å². The summed E-state index contributed by atoms with van der Waals surface area (Å²) in [4.78, 5) is 18.8. The van der Waals surface area contributed by atoms with Gasteiger partial charge in [0.15, 0.2) is 0 Å². The van der Waals surface area contributed by atoms with Crippen molar-refractivity contribution in [2.45, 2.75) is 0 Å². The Balaban J connectivity index is 0.00000131. The Morgan fingerprint density at radius 3 is 0.857 bits per heavy atom. The van der Waals surface area contributed by atoms with E-state index in [4.69, 9.17) is 19.9 Å². The molecule has 4 heterocycles. The number of hydrogen-bond donors (Lipinski definition) is 0. The van der Waals surface area contributed by atoms with Gasteiger partial charge in [-0.2, -0.15) is 0 Å². The average molecular weight is 473 g/mol. The van der Waals surface area contributed by atoms with Crippen molar-refractivity contribution in [1.29, 1.82) is 0 Å². The summed E-state index contributed by atoms with van der Waals surface area (Å²) in [7, 11) is -2.35. The summed E-state index contributed by atoms with van der Waals surface area (Å²) in [5.41, 5.74) is 3.80. The van der Waals surface area contributed by atoms with Gasteiger partial charge in [0.1, 0.15) is 0 Å². The number of halogens is 2. The van der Waals surface area contributed by atoms with Crippen LogP contribution in [0.2, 0.25) is 0 Å². The van der Waals surface area contributed by atoms with Crippen LogP contribution in [0.4, 0.5) is 0 Å². The van der Waals surface area contributed by atoms with Gasteiger partial charge in [-0.3, -0.25) is 0 Å². The van der Waals surface area contributed by atoms with Gasteiger partial charge in [-0.25, -0.2) is 19.9 Å². The average Bonchev–Trinajstić information content (AvgIpc) is 2.72. The molecule has 4 aromatic rings. The standard InChI is InChI=1S/C20H16N4P.2ClH.Ni/c1-5-13-21-17(9-1)25(18-10-2-6-14-22-18,19-11-3-7-15-23-19)20-12-4-8-16-24-20;;;/h1-16H;2*1H;/q+1;;;+2/p-2. The van der Waals surface area contributed by atoms with Crippen LogP contribution in [0.5, 0.6) is 0 Å². The normalized spacial score (nSPS) is 10.0. The molecule has 0 aliphatic carbocycles. The minimum Gasteiger partial charge on any atom is -1.00 e. The van der Waals surface area contributed by atoms with Crippen molar-refractivity contribution < 1.29 is 41.3 Å². The summed E-state index contributed by atoms with van der Waals surface area (Å²) in [6.45, 7) is 0. The van der Waals surface area contributed by atoms with Gasteiger partial charge < -0.3 is 24.8 Å². The third kappa shape index (κ3) is 4.40. The molecule has 4 aromatic heterocycles. The zero-order chi connectivity index (χ0) is 17.0. The van der Waals surface area contributed by atoms with Gasteiger partial charge in [-0.05, 0) is 24.3 Å². The Morgan fingerprint density at radius 2 is 0.679 bits per heavy atom. The van der Waals surface area contributed by atoms with Gasteiger partial charge in [-0.15, -0.1) is 0 Å². The Bertz CT molecular complexity index is 785. The molecule has 0 fully saturated rings. The minimum atomic E-state index is -2.35. The number of rotatable bonds is 4. The van der Waals surface area contributed by atoms with Crippen molar-refractivity contribution in [1.82, 2.24) is 19.9 Å². The monoisotopic (exact) mass is 471 g/mol. The first-order valence-corrected chi connectivity index (χ1v) is 9.77. The molecular weight excluding hydrogens is 457 g/mol. The second-order valence-corrected chi connectivity index (χ2v) is 8.60. The fourth-order valence-corrected chi connectivity index (χ4v) is 6.52. The van der Waals surface area contributed by atoms with E-state index in [0.717, 1.165) is 21.7 Å². The van der Waals surface area contributed by atoms with Crippen LogP contribution in [-0.4, -0.2) is 19.9 Å². The maximum Gasteiger partial charge on any atom is 2.00 e. The van der Waals surface area contributed by atoms with Crippen molar-refractivity contribution in [3.8, 4) is 0 Å². The molecule has 28 heavy (non-hydrogen) atoms. The van der Waals surface area contributed by atoms with Crippen molar-refractivity contribution in [2.24, 2.45) is 0 Å². The minimum absolute atomic E-state index is 0. The topological polar surface area (TPSA) is 51.6 Å². The molecule has 4 rings (SSSR count). The van der Waals surface area contributed by atoms with Crippen LogP contribution in [0.1, 0.15) is 0 Å². The van der Waals surface area contributed by atoms with E-state index in [1.165, 1.54) is 0 Å². The van der Waals surface area contributed by atoms with E-state index >= 15 is 0 Å². The largest absolute Gasteiger partial charge is 2.00 e. The molecule has 0 saturated heterocycles. The number of aromatic nitrogens is 4. The third-order valence-corrected chi connectivity index (χ3v) is 7.78. The molecule has 0 atom stereocenters. The zero-order valence-corrected chi connectivity index (χ0v) is 17.9. The van der Waals surface area contributed by atoms with Gasteiger partial charge in [0.25, 0.3) is 0 Å². The van der Waals surface area contributed by atoms with Crippen LogP contribution >= 0.6 is 7.26 Å². The Labute approximate surface area is 187 Å². The number of hydrogen-bond acceptors (Lipinski definition) is 4. The zero-order valence-electron chi connectivity index (χ0n) is 14.5. The van der Waals surface area contributed by atoms with Crippen LogP contribution in [0.3, 0.4) is 0 Å². The van der Waals surface area contributed by atoms with Crippen molar-refractivity contribution >= 4 is 29.0 Å². The van der Waals surface area contributed by atoms with E-state index in [1.807, 2.05) is 97.6 Å². The second-order valence-electron chi connectivity index (χ2n) is 5.42. The van der Waals surface area contributed by atoms with Crippen LogP contribution < -0.4 is 46.6 Å². The number of pyridine rings is 4. The maximum atomic E-state index is 4.71. The van der Waals surface area contributed by atoms with Crippen LogP contribution in [0.25, 0.3) is 0 Å². The smallest absolute Gasteiger partial charge is 1.00 e. The molecule has 0 radical (unpaired) electrons. The molecule has 144 valence electrons. The molecule has 0 saturated carbocycles. The molecule has 0 unspecified atom stereocenters. The van der Waals surface area contributed by atoms with E-state index in [2.05, 4.69) is 0 Å². The van der Waals surface area contributed by atoms with Crippen LogP contribution in [-0.2, 0) is 16.5 Å². The Hall–Kier alpha value is -1.90. The van der Waals surface area contributed by atoms with Crippen molar-refractivity contribution in [2.75, 3.05) is 0 Å². The summed E-state index contributed by atoms with van der Waals surface area (Å²) in [5, 5.41) is 0. The van der Waals surface area contributed by atoms with E-state index in [9.17, 15) is 0 Å². The predicted octanol–water partition coefficient (Wildman–Crippen LogP) is -4.11. The first-order valence-electron chi connectivity index (χ1n) is 7.98. The first-order chi connectivity index (χ1) is 12.4. The van der Waals surface area contributed by atoms with E-state index in [-0.39, 0.29) is 41.3 Å². The molecule has 0 aliphatic heterocycles. The van der Waals surface area contributed by atoms with Gasteiger partial charge in [0, 0.05) is 49.1 Å². The summed E-state index contributed by atoms with van der Waals surface area (Å²) < 4.78 is 0. The van der Waals surface area contributed by atoms with Crippen LogP contribution in [0.15, 0.2) is 97.6 Å². The molecule has 8 heteroatoms. The molecule has 0 aromatic carbocycles. The summed E-state index contributed by atoms with van der Waals surface area (Å²) in [6, 6.07) is 23.9. The first kappa shape index (κ1) is 24.1. The van der Waals surface area contributed by atoms with Gasteiger partial charge in [-0.1, -0.05) is 24.3 Å². The van der Waals surface area contributed by atoms with E-state index < -0.39 is 7.26 Å². The second kappa shape index (κ2) is 11.2. The Kier molecular flexibility index (Phi) is 9.65. The van der Waals surface area contributed by atoms with E-state index in [0.29, 0.717) is 0 Å². The molecule has 4 nitrogen and oxygen atoms in total. The summed E-state index contributed by atoms with van der Waals surface area (Å²) in [5.74, 6) is 0. The third-order valence-electron chi connectivity index (χ3n) is 3.97. The van der Waals surface area contributed by atoms with Gasteiger partial charge in [0.2, 0.25) is 29.0 Å². The summed E-state index contributed by atoms with van der Waals surface area (Å²) >= 11 is 0.